The van der Waals surface area contributed by atoms with E-state index in [9.17, 15) is 20.4 Å². The van der Waals surface area contributed by atoms with Gasteiger partial charge in [-0.15, -0.1) is 0 Å². The highest BCUT2D eigenvalue weighted by Gasteiger charge is 2.41. The van der Waals surface area contributed by atoms with Crippen LogP contribution in [0.25, 0.3) is 11.1 Å². The second-order valence-corrected chi connectivity index (χ2v) is 11.5. The van der Waals surface area contributed by atoms with Crippen LogP contribution in [0.2, 0.25) is 0 Å². The molecule has 0 amide bonds. The van der Waals surface area contributed by atoms with Gasteiger partial charge in [0, 0.05) is 18.5 Å². The van der Waals surface area contributed by atoms with Crippen LogP contribution < -0.4 is 0 Å². The smallest absolute Gasteiger partial charge is 0.106 e. The third-order valence-electron chi connectivity index (χ3n) is 8.64. The molecule has 2 aromatic rings. The standard InChI is InChI=1S/C33H52N2O4/c1-25(36)34(26(2)37)23-15-7-5-13-21-33(22-14-6-8-16-24-35(27(3)38)28(4)39)31-19-11-9-17-29(31)30-18-10-12-20-32(30)33/h9-12,17-20,25-28,36-39H,5-8,13-16,21-24H2,1-4H3. The van der Waals surface area contributed by atoms with Gasteiger partial charge in [0.15, 0.2) is 0 Å². The fourth-order valence-electron chi connectivity index (χ4n) is 6.60. The molecule has 0 bridgehead atoms. The van der Waals surface area contributed by atoms with Crippen molar-refractivity contribution in [2.45, 2.75) is 122 Å². The van der Waals surface area contributed by atoms with Gasteiger partial charge in [-0.2, -0.15) is 0 Å². The summed E-state index contributed by atoms with van der Waals surface area (Å²) in [6.45, 7) is 8.24. The Bertz CT molecular complexity index is 896. The van der Waals surface area contributed by atoms with E-state index in [1.165, 1.54) is 22.3 Å². The number of nitrogens with zero attached hydrogens (tertiary/aromatic N) is 2. The predicted molar refractivity (Wildman–Crippen MR) is 159 cm³/mol. The minimum Gasteiger partial charge on any atom is -0.379 e. The molecular formula is C33H52N2O4. The van der Waals surface area contributed by atoms with Crippen molar-refractivity contribution in [2.24, 2.45) is 0 Å². The highest BCUT2D eigenvalue weighted by molar-refractivity contribution is 5.80. The first-order chi connectivity index (χ1) is 18.7. The van der Waals surface area contributed by atoms with Crippen molar-refractivity contribution in [3.05, 3.63) is 59.7 Å². The lowest BCUT2D eigenvalue weighted by Crippen LogP contribution is -2.40. The molecule has 0 aromatic heterocycles. The van der Waals surface area contributed by atoms with Gasteiger partial charge in [0.05, 0.1) is 0 Å². The van der Waals surface area contributed by atoms with E-state index in [-0.39, 0.29) is 5.41 Å². The molecule has 0 fully saturated rings. The van der Waals surface area contributed by atoms with Crippen molar-refractivity contribution in [1.82, 2.24) is 9.80 Å². The van der Waals surface area contributed by atoms with Crippen LogP contribution in [0.15, 0.2) is 48.5 Å². The van der Waals surface area contributed by atoms with E-state index >= 15 is 0 Å². The summed E-state index contributed by atoms with van der Waals surface area (Å²) in [5.41, 5.74) is 5.72. The molecule has 6 heteroatoms. The first-order valence-electron chi connectivity index (χ1n) is 15.1. The number of rotatable bonds is 18. The second-order valence-electron chi connectivity index (χ2n) is 11.5. The third-order valence-corrected chi connectivity index (χ3v) is 8.64. The molecule has 2 aromatic carbocycles. The van der Waals surface area contributed by atoms with Crippen molar-refractivity contribution >= 4 is 0 Å². The lowest BCUT2D eigenvalue weighted by molar-refractivity contribution is -0.0850. The van der Waals surface area contributed by atoms with Crippen molar-refractivity contribution in [2.75, 3.05) is 13.1 Å². The van der Waals surface area contributed by atoms with Gasteiger partial charge in [-0.1, -0.05) is 87.1 Å². The van der Waals surface area contributed by atoms with Crippen LogP contribution in [0.5, 0.6) is 0 Å². The molecule has 0 saturated heterocycles. The lowest BCUT2D eigenvalue weighted by Gasteiger charge is -2.33. The van der Waals surface area contributed by atoms with Crippen LogP contribution in [0.4, 0.5) is 0 Å². The normalized spacial score (nSPS) is 17.2. The Morgan fingerprint density at radius 2 is 0.846 bits per heavy atom. The Morgan fingerprint density at radius 1 is 0.513 bits per heavy atom. The highest BCUT2D eigenvalue weighted by Crippen LogP contribution is 2.54. The van der Waals surface area contributed by atoms with Crippen molar-refractivity contribution in [1.29, 1.82) is 0 Å². The first kappa shape index (κ1) is 31.7. The average molecular weight is 541 g/mol. The highest BCUT2D eigenvalue weighted by atomic mass is 16.3. The molecule has 6 nitrogen and oxygen atoms in total. The SMILES string of the molecule is CC(O)N(CCCCCCC1(CCCCCCN(C(C)O)C(C)O)c2ccccc2-c2ccccc21)C(C)O. The second kappa shape index (κ2) is 15.3. The number of hydrogen-bond acceptors (Lipinski definition) is 6. The quantitative estimate of drug-likeness (QED) is 0.141. The van der Waals surface area contributed by atoms with E-state index in [0.29, 0.717) is 13.1 Å². The van der Waals surface area contributed by atoms with Gasteiger partial charge >= 0.3 is 0 Å². The zero-order valence-corrected chi connectivity index (χ0v) is 24.6. The summed E-state index contributed by atoms with van der Waals surface area (Å²) in [6.07, 6.45) is 8.34. The number of aliphatic hydroxyl groups is 4. The number of unbranched alkanes of at least 4 members (excludes halogenated alkanes) is 6. The minimum absolute atomic E-state index is 0.0315. The van der Waals surface area contributed by atoms with E-state index < -0.39 is 24.9 Å². The number of aliphatic hydroxyl groups excluding tert-OH is 4. The molecule has 1 aliphatic rings. The first-order valence-corrected chi connectivity index (χ1v) is 15.1. The Kier molecular flexibility index (Phi) is 12.4. The van der Waals surface area contributed by atoms with E-state index in [1.54, 1.807) is 37.5 Å². The number of hydrogen-bond donors (Lipinski definition) is 4. The molecule has 3 rings (SSSR count). The predicted octanol–water partition coefficient (Wildman–Crippen LogP) is 5.81. The Morgan fingerprint density at radius 3 is 1.21 bits per heavy atom. The number of benzene rings is 2. The molecule has 39 heavy (non-hydrogen) atoms. The van der Waals surface area contributed by atoms with Gasteiger partial charge in [-0.05, 0) is 75.6 Å². The molecule has 4 N–H and O–H groups in total. The van der Waals surface area contributed by atoms with E-state index in [4.69, 9.17) is 0 Å². The zero-order valence-electron chi connectivity index (χ0n) is 24.6. The van der Waals surface area contributed by atoms with Crippen LogP contribution in [-0.4, -0.2) is 68.2 Å². The summed E-state index contributed by atoms with van der Waals surface area (Å²) in [6, 6.07) is 17.9. The Labute approximate surface area is 236 Å². The fraction of sp³-hybridized carbons (Fsp3) is 0.636. The molecule has 4 unspecified atom stereocenters. The summed E-state index contributed by atoms with van der Waals surface area (Å²) < 4.78 is 0. The number of fused-ring (bicyclic) bond motifs is 3. The van der Waals surface area contributed by atoms with Crippen LogP contribution >= 0.6 is 0 Å². The summed E-state index contributed by atoms with van der Waals surface area (Å²) in [7, 11) is 0. The molecule has 0 aliphatic heterocycles. The van der Waals surface area contributed by atoms with Gasteiger partial charge in [-0.3, -0.25) is 9.80 Å². The molecular weight excluding hydrogens is 488 g/mol. The van der Waals surface area contributed by atoms with Gasteiger partial charge in [0.1, 0.15) is 24.9 Å². The Balaban J connectivity index is 1.62. The summed E-state index contributed by atoms with van der Waals surface area (Å²) in [4.78, 5) is 3.46. The van der Waals surface area contributed by atoms with Crippen LogP contribution in [0.3, 0.4) is 0 Å². The molecule has 4 atom stereocenters. The monoisotopic (exact) mass is 540 g/mol. The molecule has 0 spiro atoms. The molecule has 1 aliphatic carbocycles. The fourth-order valence-corrected chi connectivity index (χ4v) is 6.60. The van der Waals surface area contributed by atoms with Gasteiger partial charge in [-0.25, -0.2) is 0 Å². The van der Waals surface area contributed by atoms with Gasteiger partial charge < -0.3 is 20.4 Å². The largest absolute Gasteiger partial charge is 0.379 e. The molecule has 0 heterocycles. The summed E-state index contributed by atoms with van der Waals surface area (Å²) in [5, 5.41) is 39.6. The van der Waals surface area contributed by atoms with E-state index in [0.717, 1.165) is 64.2 Å². The van der Waals surface area contributed by atoms with Crippen molar-refractivity contribution in [3.8, 4) is 11.1 Å². The maximum Gasteiger partial charge on any atom is 0.106 e. The molecule has 0 radical (unpaired) electrons. The van der Waals surface area contributed by atoms with Crippen LogP contribution in [-0.2, 0) is 5.41 Å². The summed E-state index contributed by atoms with van der Waals surface area (Å²) >= 11 is 0. The van der Waals surface area contributed by atoms with Gasteiger partial charge in [0.25, 0.3) is 0 Å². The molecule has 0 saturated carbocycles. The van der Waals surface area contributed by atoms with E-state index in [1.807, 2.05) is 0 Å². The topological polar surface area (TPSA) is 87.4 Å². The lowest BCUT2D eigenvalue weighted by atomic mass is 9.70. The minimum atomic E-state index is -0.637. The average Bonchev–Trinajstić information content (AvgIpc) is 3.17. The Hall–Kier alpha value is -1.80. The van der Waals surface area contributed by atoms with Gasteiger partial charge in [0.2, 0.25) is 0 Å². The third kappa shape index (κ3) is 8.12. The maximum absolute atomic E-state index is 9.90. The van der Waals surface area contributed by atoms with Crippen molar-refractivity contribution in [3.63, 3.8) is 0 Å². The van der Waals surface area contributed by atoms with Crippen LogP contribution in [0.1, 0.15) is 103 Å². The van der Waals surface area contributed by atoms with Crippen molar-refractivity contribution < 1.29 is 20.4 Å². The zero-order chi connectivity index (χ0) is 28.4. The summed E-state index contributed by atoms with van der Waals surface area (Å²) in [5.74, 6) is 0. The van der Waals surface area contributed by atoms with E-state index in [2.05, 4.69) is 48.5 Å². The molecule has 218 valence electrons. The maximum atomic E-state index is 9.90. The van der Waals surface area contributed by atoms with Crippen LogP contribution in [0, 0.1) is 0 Å².